The number of benzene rings is 1. The zero-order valence-electron chi connectivity index (χ0n) is 9.72. The summed E-state index contributed by atoms with van der Waals surface area (Å²) in [6.45, 7) is 2.29. The molecule has 1 rings (SSSR count). The second-order valence-corrected chi connectivity index (χ2v) is 3.42. The largest absolute Gasteiger partial charge is 0.484 e. The Hall–Kier alpha value is -2.20. The van der Waals surface area contributed by atoms with Crippen LogP contribution in [0.25, 0.3) is 0 Å². The maximum Gasteiger partial charge on any atom is 0.311 e. The lowest BCUT2D eigenvalue weighted by molar-refractivity contribution is -0.385. The molecule has 7 heteroatoms. The summed E-state index contributed by atoms with van der Waals surface area (Å²) in [5.41, 5.74) is -0.329. The minimum atomic E-state index is -0.663. The number of halogens is 1. The summed E-state index contributed by atoms with van der Waals surface area (Å²) >= 11 is 0. The van der Waals surface area contributed by atoms with Gasteiger partial charge in [-0.3, -0.25) is 15.4 Å². The quantitative estimate of drug-likeness (QED) is 0.614. The molecule has 0 amide bonds. The van der Waals surface area contributed by atoms with E-state index in [-0.39, 0.29) is 18.0 Å². The molecule has 1 aromatic carbocycles. The molecule has 0 aliphatic carbocycles. The number of rotatable bonds is 6. The fourth-order valence-electron chi connectivity index (χ4n) is 1.32. The second-order valence-electron chi connectivity index (χ2n) is 3.42. The standard InChI is InChI=1S/C11H12FN3O3/c1-2-14-9(6-13)7-18-11-5-8(12)3-4-10(11)15(16)17/h3-5,9,14H,2,7H2,1H3. The summed E-state index contributed by atoms with van der Waals surface area (Å²) < 4.78 is 18.1. The molecule has 0 saturated heterocycles. The van der Waals surface area contributed by atoms with E-state index in [2.05, 4.69) is 5.32 Å². The van der Waals surface area contributed by atoms with Crippen LogP contribution in [0.5, 0.6) is 5.75 Å². The Morgan fingerprint density at radius 3 is 2.94 bits per heavy atom. The number of nitrogens with zero attached hydrogens (tertiary/aromatic N) is 2. The number of nitrogens with one attached hydrogen (secondary N) is 1. The molecule has 0 fully saturated rings. The first kappa shape index (κ1) is 13.9. The van der Waals surface area contributed by atoms with Crippen LogP contribution in [0, 0.1) is 27.3 Å². The zero-order valence-corrected chi connectivity index (χ0v) is 9.72. The smallest absolute Gasteiger partial charge is 0.311 e. The van der Waals surface area contributed by atoms with Crippen molar-refractivity contribution in [1.82, 2.24) is 5.32 Å². The van der Waals surface area contributed by atoms with Gasteiger partial charge < -0.3 is 4.74 Å². The monoisotopic (exact) mass is 253 g/mol. The van der Waals surface area contributed by atoms with Gasteiger partial charge in [0.2, 0.25) is 0 Å². The molecule has 1 aromatic rings. The van der Waals surface area contributed by atoms with Crippen molar-refractivity contribution >= 4 is 5.69 Å². The Kier molecular flexibility index (Phi) is 5.02. The van der Waals surface area contributed by atoms with Crippen LogP contribution in [-0.4, -0.2) is 24.1 Å². The maximum absolute atomic E-state index is 13.0. The van der Waals surface area contributed by atoms with Crippen molar-refractivity contribution in [2.24, 2.45) is 0 Å². The van der Waals surface area contributed by atoms with Gasteiger partial charge in [-0.1, -0.05) is 6.92 Å². The van der Waals surface area contributed by atoms with Gasteiger partial charge in [-0.25, -0.2) is 4.39 Å². The van der Waals surface area contributed by atoms with E-state index in [9.17, 15) is 14.5 Å². The third-order valence-electron chi connectivity index (χ3n) is 2.13. The minimum Gasteiger partial charge on any atom is -0.484 e. The molecule has 1 unspecified atom stereocenters. The number of nitriles is 1. The highest BCUT2D eigenvalue weighted by molar-refractivity contribution is 5.46. The van der Waals surface area contributed by atoms with Crippen LogP contribution in [0.1, 0.15) is 6.92 Å². The summed E-state index contributed by atoms with van der Waals surface area (Å²) in [5.74, 6) is -0.814. The fourth-order valence-corrected chi connectivity index (χ4v) is 1.32. The van der Waals surface area contributed by atoms with Crippen LogP contribution in [0.15, 0.2) is 18.2 Å². The predicted molar refractivity (Wildman–Crippen MR) is 61.6 cm³/mol. The van der Waals surface area contributed by atoms with Crippen molar-refractivity contribution in [3.63, 3.8) is 0 Å². The Morgan fingerprint density at radius 1 is 1.67 bits per heavy atom. The molecule has 0 aliphatic rings. The minimum absolute atomic E-state index is 0.0887. The van der Waals surface area contributed by atoms with E-state index in [1.165, 1.54) is 0 Å². The normalized spacial score (nSPS) is 11.6. The first-order valence-corrected chi connectivity index (χ1v) is 5.28. The Balaban J connectivity index is 2.80. The molecule has 0 heterocycles. The van der Waals surface area contributed by atoms with Gasteiger partial charge in [-0.15, -0.1) is 0 Å². The van der Waals surface area contributed by atoms with Gasteiger partial charge in [-0.05, 0) is 12.6 Å². The second kappa shape index (κ2) is 6.51. The lowest BCUT2D eigenvalue weighted by Gasteiger charge is -2.11. The summed E-state index contributed by atoms with van der Waals surface area (Å²) in [6.07, 6.45) is 0. The first-order chi connectivity index (χ1) is 8.58. The Bertz CT molecular complexity index is 473. The Morgan fingerprint density at radius 2 is 2.39 bits per heavy atom. The molecule has 1 N–H and O–H groups in total. The van der Waals surface area contributed by atoms with Gasteiger partial charge in [0.1, 0.15) is 18.5 Å². The van der Waals surface area contributed by atoms with Crippen molar-refractivity contribution in [3.05, 3.63) is 34.1 Å². The molecule has 6 nitrogen and oxygen atoms in total. The molecule has 0 spiro atoms. The maximum atomic E-state index is 13.0. The highest BCUT2D eigenvalue weighted by Crippen LogP contribution is 2.27. The summed E-state index contributed by atoms with van der Waals surface area (Å²) in [6, 6.07) is 4.28. The van der Waals surface area contributed by atoms with Crippen LogP contribution in [-0.2, 0) is 0 Å². The first-order valence-electron chi connectivity index (χ1n) is 5.28. The van der Waals surface area contributed by atoms with E-state index in [0.29, 0.717) is 6.54 Å². The number of likely N-dealkylation sites (N-methyl/N-ethyl adjacent to an activating group) is 1. The van der Waals surface area contributed by atoms with Crippen LogP contribution in [0.4, 0.5) is 10.1 Å². The van der Waals surface area contributed by atoms with Crippen molar-refractivity contribution in [2.75, 3.05) is 13.2 Å². The van der Waals surface area contributed by atoms with Crippen LogP contribution < -0.4 is 10.1 Å². The van der Waals surface area contributed by atoms with Crippen LogP contribution in [0.3, 0.4) is 0 Å². The highest BCUT2D eigenvalue weighted by atomic mass is 19.1. The van der Waals surface area contributed by atoms with E-state index in [1.54, 1.807) is 0 Å². The van der Waals surface area contributed by atoms with Crippen molar-refractivity contribution in [3.8, 4) is 11.8 Å². The van der Waals surface area contributed by atoms with Gasteiger partial charge in [0.25, 0.3) is 0 Å². The topological polar surface area (TPSA) is 88.2 Å². The molecule has 96 valence electrons. The van der Waals surface area contributed by atoms with Crippen LogP contribution >= 0.6 is 0 Å². The molecule has 0 aromatic heterocycles. The molecule has 1 atom stereocenters. The van der Waals surface area contributed by atoms with E-state index in [4.69, 9.17) is 10.00 Å². The number of nitro benzene ring substituents is 1. The predicted octanol–water partition coefficient (Wildman–Crippen LogP) is 1.61. The molecular weight excluding hydrogens is 241 g/mol. The molecule has 18 heavy (non-hydrogen) atoms. The van der Waals surface area contributed by atoms with Crippen molar-refractivity contribution in [1.29, 1.82) is 5.26 Å². The number of nitro groups is 1. The highest BCUT2D eigenvalue weighted by Gasteiger charge is 2.17. The zero-order chi connectivity index (χ0) is 13.5. The number of ether oxygens (including phenoxy) is 1. The van der Waals surface area contributed by atoms with E-state index in [1.807, 2.05) is 13.0 Å². The van der Waals surface area contributed by atoms with E-state index in [0.717, 1.165) is 18.2 Å². The SMILES string of the molecule is CCNC(C#N)COc1cc(F)ccc1[N+](=O)[O-]. The average molecular weight is 253 g/mol. The van der Waals surface area contributed by atoms with Gasteiger partial charge in [0, 0.05) is 12.1 Å². The molecule has 0 bridgehead atoms. The molecule has 0 saturated carbocycles. The number of hydrogen-bond acceptors (Lipinski definition) is 5. The summed E-state index contributed by atoms with van der Waals surface area (Å²) in [5, 5.41) is 22.3. The molecular formula is C11H12FN3O3. The lowest BCUT2D eigenvalue weighted by atomic mass is 10.3. The van der Waals surface area contributed by atoms with Gasteiger partial charge in [0.05, 0.1) is 11.0 Å². The fraction of sp³-hybridized carbons (Fsp3) is 0.364. The van der Waals surface area contributed by atoms with Crippen LogP contribution in [0.2, 0.25) is 0 Å². The third kappa shape index (κ3) is 3.68. The number of hydrogen-bond donors (Lipinski definition) is 1. The van der Waals surface area contributed by atoms with Crippen molar-refractivity contribution in [2.45, 2.75) is 13.0 Å². The molecule has 0 radical (unpaired) electrons. The summed E-state index contributed by atoms with van der Waals surface area (Å²) in [7, 11) is 0. The molecule has 0 aliphatic heterocycles. The lowest BCUT2D eigenvalue weighted by Crippen LogP contribution is -2.33. The average Bonchev–Trinajstić information content (AvgIpc) is 2.34. The third-order valence-corrected chi connectivity index (χ3v) is 2.13. The summed E-state index contributed by atoms with van der Waals surface area (Å²) in [4.78, 5) is 10.0. The van der Waals surface area contributed by atoms with E-state index >= 15 is 0 Å². The van der Waals surface area contributed by atoms with Gasteiger partial charge >= 0.3 is 5.69 Å². The Labute approximate surface area is 103 Å². The van der Waals surface area contributed by atoms with Gasteiger partial charge in [-0.2, -0.15) is 5.26 Å². The van der Waals surface area contributed by atoms with E-state index < -0.39 is 16.8 Å². The van der Waals surface area contributed by atoms with Crippen molar-refractivity contribution < 1.29 is 14.1 Å². The van der Waals surface area contributed by atoms with Gasteiger partial charge in [0.15, 0.2) is 5.75 Å².